The number of benzene rings is 3. The fourth-order valence-electron chi connectivity index (χ4n) is 3.03. The van der Waals surface area contributed by atoms with Crippen molar-refractivity contribution < 1.29 is 18.9 Å². The summed E-state index contributed by atoms with van der Waals surface area (Å²) in [6.07, 6.45) is 1.89. The van der Waals surface area contributed by atoms with Gasteiger partial charge in [0.2, 0.25) is 6.79 Å². The number of rotatable bonds is 5. The molecule has 3 aromatic carbocycles. The lowest BCUT2D eigenvalue weighted by atomic mass is 10.0. The van der Waals surface area contributed by atoms with Crippen LogP contribution in [0.15, 0.2) is 53.5 Å². The maximum Gasteiger partial charge on any atom is 0.231 e. The zero-order valence-electron chi connectivity index (χ0n) is 14.7. The van der Waals surface area contributed by atoms with Gasteiger partial charge in [0.25, 0.3) is 0 Å². The van der Waals surface area contributed by atoms with E-state index in [-0.39, 0.29) is 6.79 Å². The maximum absolute atomic E-state index is 5.47. The largest absolute Gasteiger partial charge is 0.497 e. The Hall–Kier alpha value is -3.21. The number of ether oxygens (including phenoxy) is 4. The van der Waals surface area contributed by atoms with Crippen molar-refractivity contribution >= 4 is 17.0 Å². The monoisotopic (exact) mass is 349 g/mol. The summed E-state index contributed by atoms with van der Waals surface area (Å²) >= 11 is 0. The summed E-state index contributed by atoms with van der Waals surface area (Å²) in [5.41, 5.74) is 2.11. The van der Waals surface area contributed by atoms with Gasteiger partial charge >= 0.3 is 0 Å². The van der Waals surface area contributed by atoms with Crippen molar-refractivity contribution in [3.63, 3.8) is 0 Å². The molecule has 0 spiro atoms. The first-order valence-corrected chi connectivity index (χ1v) is 8.31. The average Bonchev–Trinajstić information content (AvgIpc) is 3.15. The van der Waals surface area contributed by atoms with E-state index in [0.29, 0.717) is 6.54 Å². The lowest BCUT2D eigenvalue weighted by Gasteiger charge is -2.09. The molecule has 0 bridgehead atoms. The van der Waals surface area contributed by atoms with Gasteiger partial charge in [-0.1, -0.05) is 6.07 Å². The van der Waals surface area contributed by atoms with Crippen LogP contribution in [0.1, 0.15) is 11.1 Å². The molecule has 0 fully saturated rings. The summed E-state index contributed by atoms with van der Waals surface area (Å²) in [4.78, 5) is 4.59. The molecular weight excluding hydrogens is 330 g/mol. The summed E-state index contributed by atoms with van der Waals surface area (Å²) in [6, 6.07) is 15.8. The van der Waals surface area contributed by atoms with E-state index in [1.165, 1.54) is 0 Å². The highest BCUT2D eigenvalue weighted by molar-refractivity contribution is 6.02. The SMILES string of the molecule is COc1ccc2c(C=NCc3ccc4c(c3)OCO4)ccc(OC)c2c1. The van der Waals surface area contributed by atoms with Gasteiger partial charge in [-0.05, 0) is 53.4 Å². The number of fused-ring (bicyclic) bond motifs is 2. The van der Waals surface area contributed by atoms with Crippen LogP contribution in [-0.4, -0.2) is 27.2 Å². The lowest BCUT2D eigenvalue weighted by molar-refractivity contribution is 0.174. The number of hydrogen-bond donors (Lipinski definition) is 0. The van der Waals surface area contributed by atoms with Gasteiger partial charge in [0.05, 0.1) is 20.8 Å². The second kappa shape index (κ2) is 6.96. The van der Waals surface area contributed by atoms with Crippen LogP contribution in [0.2, 0.25) is 0 Å². The van der Waals surface area contributed by atoms with Crippen molar-refractivity contribution in [3.05, 3.63) is 59.7 Å². The smallest absolute Gasteiger partial charge is 0.231 e. The third-order valence-corrected chi connectivity index (χ3v) is 4.38. The molecule has 1 heterocycles. The molecule has 26 heavy (non-hydrogen) atoms. The predicted molar refractivity (Wildman–Crippen MR) is 101 cm³/mol. The molecule has 0 saturated carbocycles. The van der Waals surface area contributed by atoms with E-state index in [0.717, 1.165) is 44.9 Å². The zero-order chi connectivity index (χ0) is 17.9. The van der Waals surface area contributed by atoms with Crippen LogP contribution in [0.25, 0.3) is 10.8 Å². The Morgan fingerprint density at radius 3 is 2.65 bits per heavy atom. The van der Waals surface area contributed by atoms with Gasteiger partial charge in [0, 0.05) is 17.2 Å². The van der Waals surface area contributed by atoms with Gasteiger partial charge in [-0.15, -0.1) is 0 Å². The molecule has 0 unspecified atom stereocenters. The summed E-state index contributed by atoms with van der Waals surface area (Å²) in [7, 11) is 3.33. The highest BCUT2D eigenvalue weighted by Gasteiger charge is 2.12. The number of aliphatic imine (C=N–C) groups is 1. The van der Waals surface area contributed by atoms with E-state index >= 15 is 0 Å². The molecule has 0 amide bonds. The Morgan fingerprint density at radius 1 is 0.923 bits per heavy atom. The van der Waals surface area contributed by atoms with E-state index in [9.17, 15) is 0 Å². The predicted octanol–water partition coefficient (Wildman–Crippen LogP) is 4.20. The van der Waals surface area contributed by atoms with Gasteiger partial charge in [-0.25, -0.2) is 0 Å². The van der Waals surface area contributed by atoms with Gasteiger partial charge < -0.3 is 18.9 Å². The normalized spacial score (nSPS) is 12.7. The van der Waals surface area contributed by atoms with Crippen molar-refractivity contribution in [1.82, 2.24) is 0 Å². The molecule has 132 valence electrons. The zero-order valence-corrected chi connectivity index (χ0v) is 14.7. The molecule has 0 radical (unpaired) electrons. The van der Waals surface area contributed by atoms with Crippen LogP contribution >= 0.6 is 0 Å². The van der Waals surface area contributed by atoms with Crippen LogP contribution < -0.4 is 18.9 Å². The fourth-order valence-corrected chi connectivity index (χ4v) is 3.03. The fraction of sp³-hybridized carbons (Fsp3) is 0.190. The molecule has 0 aliphatic carbocycles. The van der Waals surface area contributed by atoms with Gasteiger partial charge in [0.15, 0.2) is 11.5 Å². The van der Waals surface area contributed by atoms with Crippen LogP contribution in [-0.2, 0) is 6.54 Å². The molecule has 0 atom stereocenters. The topological polar surface area (TPSA) is 49.3 Å². The molecular formula is C21H19NO4. The van der Waals surface area contributed by atoms with Crippen LogP contribution in [0.5, 0.6) is 23.0 Å². The Labute approximate surface area is 151 Å². The van der Waals surface area contributed by atoms with Gasteiger partial charge in [-0.3, -0.25) is 4.99 Å². The quantitative estimate of drug-likeness (QED) is 0.648. The Balaban J connectivity index is 1.61. The van der Waals surface area contributed by atoms with Gasteiger partial charge in [-0.2, -0.15) is 0 Å². The minimum absolute atomic E-state index is 0.281. The van der Waals surface area contributed by atoms with Crippen LogP contribution in [0.3, 0.4) is 0 Å². The molecule has 0 saturated heterocycles. The molecule has 0 aromatic heterocycles. The van der Waals surface area contributed by atoms with Crippen molar-refractivity contribution in [1.29, 1.82) is 0 Å². The molecule has 5 heteroatoms. The van der Waals surface area contributed by atoms with Gasteiger partial charge in [0.1, 0.15) is 11.5 Å². The van der Waals surface area contributed by atoms with E-state index in [1.807, 2.05) is 54.7 Å². The third kappa shape index (κ3) is 3.04. The Morgan fingerprint density at radius 2 is 1.81 bits per heavy atom. The molecule has 3 aromatic rings. The molecule has 0 N–H and O–H groups in total. The van der Waals surface area contributed by atoms with Crippen molar-refractivity contribution in [2.24, 2.45) is 4.99 Å². The highest BCUT2D eigenvalue weighted by Crippen LogP contribution is 2.33. The first-order chi connectivity index (χ1) is 12.8. The highest BCUT2D eigenvalue weighted by atomic mass is 16.7. The van der Waals surface area contributed by atoms with Crippen molar-refractivity contribution in [3.8, 4) is 23.0 Å². The van der Waals surface area contributed by atoms with Crippen molar-refractivity contribution in [2.75, 3.05) is 21.0 Å². The minimum Gasteiger partial charge on any atom is -0.497 e. The van der Waals surface area contributed by atoms with E-state index < -0.39 is 0 Å². The number of nitrogens with zero attached hydrogens (tertiary/aromatic N) is 1. The van der Waals surface area contributed by atoms with E-state index in [4.69, 9.17) is 18.9 Å². The second-order valence-electron chi connectivity index (χ2n) is 5.93. The summed E-state index contributed by atoms with van der Waals surface area (Å²) in [5, 5.41) is 2.07. The molecule has 1 aliphatic heterocycles. The van der Waals surface area contributed by atoms with Crippen LogP contribution in [0.4, 0.5) is 0 Å². The average molecular weight is 349 g/mol. The maximum atomic E-state index is 5.47. The molecule has 5 nitrogen and oxygen atoms in total. The first-order valence-electron chi connectivity index (χ1n) is 8.31. The number of methoxy groups -OCH3 is 2. The first kappa shape index (κ1) is 16.3. The standard InChI is InChI=1S/C21H19NO4/c1-23-16-5-6-17-15(4-8-19(24-2)18(17)10-16)12-22-11-14-3-7-20-21(9-14)26-13-25-20/h3-10,12H,11,13H2,1-2H3. The lowest BCUT2D eigenvalue weighted by Crippen LogP contribution is -1.93. The molecule has 1 aliphatic rings. The Bertz CT molecular complexity index is 981. The summed E-state index contributed by atoms with van der Waals surface area (Å²) < 4.78 is 21.5. The second-order valence-corrected chi connectivity index (χ2v) is 5.93. The summed E-state index contributed by atoms with van der Waals surface area (Å²) in [6.45, 7) is 0.851. The molecule has 4 rings (SSSR count). The Kier molecular flexibility index (Phi) is 4.35. The van der Waals surface area contributed by atoms with E-state index in [1.54, 1.807) is 14.2 Å². The van der Waals surface area contributed by atoms with E-state index in [2.05, 4.69) is 4.99 Å². The summed E-state index contributed by atoms with van der Waals surface area (Å²) in [5.74, 6) is 3.17. The number of hydrogen-bond acceptors (Lipinski definition) is 5. The third-order valence-electron chi connectivity index (χ3n) is 4.38. The van der Waals surface area contributed by atoms with Crippen molar-refractivity contribution in [2.45, 2.75) is 6.54 Å². The minimum atomic E-state index is 0.281. The van der Waals surface area contributed by atoms with Crippen LogP contribution in [0, 0.1) is 0 Å².